The van der Waals surface area contributed by atoms with Gasteiger partial charge in [0.1, 0.15) is 6.04 Å². The lowest BCUT2D eigenvalue weighted by Gasteiger charge is -2.09. The molecule has 1 aliphatic rings. The Labute approximate surface area is 160 Å². The fraction of sp³-hybridized carbons (Fsp3) is 0.158. The van der Waals surface area contributed by atoms with E-state index in [1.807, 2.05) is 48.5 Å². The minimum atomic E-state index is -0.692. The molecule has 1 aliphatic heterocycles. The van der Waals surface area contributed by atoms with Crippen LogP contribution >= 0.6 is 11.8 Å². The second kappa shape index (κ2) is 7.63. The highest BCUT2D eigenvalue weighted by Gasteiger charge is 2.35. The van der Waals surface area contributed by atoms with Crippen molar-refractivity contribution in [2.24, 2.45) is 0 Å². The molecule has 0 saturated heterocycles. The van der Waals surface area contributed by atoms with Gasteiger partial charge in [-0.15, -0.1) is 5.10 Å². The number of hydrogen-bond donors (Lipinski definition) is 2. The first-order chi connectivity index (χ1) is 13.2. The molecule has 2 aromatic carbocycles. The van der Waals surface area contributed by atoms with Crippen LogP contribution in [-0.4, -0.2) is 26.6 Å². The summed E-state index contributed by atoms with van der Waals surface area (Å²) in [4.78, 5) is 28.8. The van der Waals surface area contributed by atoms with E-state index in [1.54, 1.807) is 12.1 Å². The molecule has 4 rings (SSSR count). The number of benzene rings is 2. The second-order valence-corrected chi connectivity index (χ2v) is 7.00. The van der Waals surface area contributed by atoms with Crippen molar-refractivity contribution in [3.8, 4) is 0 Å². The highest BCUT2D eigenvalue weighted by molar-refractivity contribution is 7.98. The smallest absolute Gasteiger partial charge is 0.252 e. The normalized spacial score (nSPS) is 15.3. The Morgan fingerprint density at radius 1 is 1.11 bits per heavy atom. The summed E-state index contributed by atoms with van der Waals surface area (Å²) in [5, 5.41) is 10.5. The van der Waals surface area contributed by atoms with Crippen molar-refractivity contribution in [1.82, 2.24) is 14.8 Å². The minimum absolute atomic E-state index is 0.000119. The number of rotatable bonds is 6. The topological polar surface area (TPSA) is 88.9 Å². The molecule has 7 nitrogen and oxygen atoms in total. The third-order valence-corrected chi connectivity index (χ3v) is 5.00. The number of para-hydroxylation sites is 1. The molecule has 0 radical (unpaired) electrons. The molecule has 1 aromatic heterocycles. The van der Waals surface area contributed by atoms with E-state index >= 15 is 0 Å². The molecular weight excluding hydrogens is 362 g/mol. The molecule has 27 heavy (non-hydrogen) atoms. The number of carbonyl (C=O) groups is 2. The molecule has 0 spiro atoms. The number of nitrogens with zero attached hydrogens (tertiary/aromatic N) is 3. The number of amides is 2. The van der Waals surface area contributed by atoms with Gasteiger partial charge in [0.05, 0.1) is 6.42 Å². The second-order valence-electron chi connectivity index (χ2n) is 6.06. The van der Waals surface area contributed by atoms with Crippen molar-refractivity contribution < 1.29 is 9.59 Å². The molecule has 0 saturated carbocycles. The first-order valence-electron chi connectivity index (χ1n) is 8.48. The molecule has 0 aliphatic carbocycles. The van der Waals surface area contributed by atoms with Gasteiger partial charge in [-0.05, 0) is 17.7 Å². The number of fused-ring (bicyclic) bond motifs is 1. The van der Waals surface area contributed by atoms with Gasteiger partial charge in [-0.2, -0.15) is 4.98 Å². The third-order valence-electron chi connectivity index (χ3n) is 4.09. The fourth-order valence-electron chi connectivity index (χ4n) is 2.78. The summed E-state index contributed by atoms with van der Waals surface area (Å²) in [6, 6.07) is 18.5. The van der Waals surface area contributed by atoms with Crippen LogP contribution in [0.1, 0.15) is 18.0 Å². The van der Waals surface area contributed by atoms with E-state index in [1.165, 1.54) is 22.0 Å². The molecular formula is C19H17N5O2S. The van der Waals surface area contributed by atoms with Crippen LogP contribution in [0.15, 0.2) is 65.8 Å². The highest BCUT2D eigenvalue weighted by atomic mass is 32.2. The molecule has 2 N–H and O–H groups in total. The van der Waals surface area contributed by atoms with Crippen molar-refractivity contribution in [2.75, 3.05) is 10.6 Å². The highest BCUT2D eigenvalue weighted by Crippen LogP contribution is 2.29. The van der Waals surface area contributed by atoms with Gasteiger partial charge in [-0.3, -0.25) is 14.9 Å². The lowest BCUT2D eigenvalue weighted by molar-refractivity contribution is -0.123. The molecule has 2 heterocycles. The van der Waals surface area contributed by atoms with Crippen LogP contribution in [0, 0.1) is 0 Å². The van der Waals surface area contributed by atoms with Gasteiger partial charge in [-0.25, -0.2) is 4.68 Å². The van der Waals surface area contributed by atoms with Crippen LogP contribution in [0.3, 0.4) is 0 Å². The summed E-state index contributed by atoms with van der Waals surface area (Å²) in [7, 11) is 0. The maximum absolute atomic E-state index is 12.3. The lowest BCUT2D eigenvalue weighted by Crippen LogP contribution is -2.23. The first kappa shape index (κ1) is 17.3. The van der Waals surface area contributed by atoms with Gasteiger partial charge in [0.25, 0.3) is 5.91 Å². The van der Waals surface area contributed by atoms with Gasteiger partial charge in [-0.1, -0.05) is 60.3 Å². The van der Waals surface area contributed by atoms with E-state index in [0.29, 0.717) is 16.8 Å². The summed E-state index contributed by atoms with van der Waals surface area (Å²) in [6.45, 7) is 0. The number of aromatic nitrogens is 3. The monoisotopic (exact) mass is 379 g/mol. The van der Waals surface area contributed by atoms with Crippen LogP contribution in [0.4, 0.5) is 11.6 Å². The average Bonchev–Trinajstić information content (AvgIpc) is 3.20. The quantitative estimate of drug-likeness (QED) is 0.643. The van der Waals surface area contributed by atoms with Crippen molar-refractivity contribution in [1.29, 1.82) is 0 Å². The van der Waals surface area contributed by atoms with Gasteiger partial charge in [0, 0.05) is 11.4 Å². The molecule has 2 amide bonds. The van der Waals surface area contributed by atoms with Crippen LogP contribution in [0.25, 0.3) is 0 Å². The molecule has 0 bridgehead atoms. The van der Waals surface area contributed by atoms with Crippen LogP contribution < -0.4 is 10.6 Å². The zero-order chi connectivity index (χ0) is 18.6. The SMILES string of the molecule is O=C(C[C@H]1C(=O)Nc2nc(SCc3ccccc3)nn21)Nc1ccccc1. The summed E-state index contributed by atoms with van der Waals surface area (Å²) < 4.78 is 1.50. The lowest BCUT2D eigenvalue weighted by atomic mass is 10.2. The van der Waals surface area contributed by atoms with Crippen molar-refractivity contribution in [2.45, 2.75) is 23.4 Å². The molecule has 8 heteroatoms. The van der Waals surface area contributed by atoms with E-state index in [2.05, 4.69) is 20.7 Å². The maximum atomic E-state index is 12.3. The van der Waals surface area contributed by atoms with Crippen molar-refractivity contribution >= 4 is 35.2 Å². The van der Waals surface area contributed by atoms with Gasteiger partial charge < -0.3 is 5.32 Å². The molecule has 136 valence electrons. The number of nitrogens with one attached hydrogen (secondary N) is 2. The van der Waals surface area contributed by atoms with E-state index in [4.69, 9.17) is 0 Å². The zero-order valence-corrected chi connectivity index (χ0v) is 15.1. The number of anilines is 2. The van der Waals surface area contributed by atoms with E-state index < -0.39 is 6.04 Å². The molecule has 1 atom stereocenters. The van der Waals surface area contributed by atoms with E-state index in [9.17, 15) is 9.59 Å². The Kier molecular flexibility index (Phi) is 4.88. The van der Waals surface area contributed by atoms with Gasteiger partial charge >= 0.3 is 0 Å². The Bertz CT molecular complexity index is 959. The molecule has 0 fully saturated rings. The fourth-order valence-corrected chi connectivity index (χ4v) is 3.57. The Morgan fingerprint density at radius 3 is 2.56 bits per heavy atom. The third kappa shape index (κ3) is 4.01. The Balaban J connectivity index is 1.41. The zero-order valence-electron chi connectivity index (χ0n) is 14.3. The van der Waals surface area contributed by atoms with E-state index in [0.717, 1.165) is 5.75 Å². The number of carbonyl (C=O) groups excluding carboxylic acids is 2. The minimum Gasteiger partial charge on any atom is -0.326 e. The van der Waals surface area contributed by atoms with Gasteiger partial charge in [0.2, 0.25) is 17.0 Å². The predicted octanol–water partition coefficient (Wildman–Crippen LogP) is 3.09. The van der Waals surface area contributed by atoms with Crippen molar-refractivity contribution in [3.63, 3.8) is 0 Å². The largest absolute Gasteiger partial charge is 0.326 e. The average molecular weight is 379 g/mol. The summed E-state index contributed by atoms with van der Waals surface area (Å²) in [6.07, 6.45) is -0.000119. The van der Waals surface area contributed by atoms with Gasteiger partial charge in [0.15, 0.2) is 0 Å². The standard InChI is InChI=1S/C19H17N5O2S/c25-16(20-14-9-5-2-6-10-14)11-15-17(26)21-18-22-19(23-24(15)18)27-12-13-7-3-1-4-8-13/h1-10,15H,11-12H2,(H,20,25)(H,21,22,23,26)/t15-/m0/s1. The van der Waals surface area contributed by atoms with Crippen molar-refractivity contribution in [3.05, 3.63) is 66.2 Å². The summed E-state index contributed by atoms with van der Waals surface area (Å²) >= 11 is 1.49. The number of hydrogen-bond acceptors (Lipinski definition) is 5. The summed E-state index contributed by atoms with van der Waals surface area (Å²) in [5.74, 6) is 0.598. The first-order valence-corrected chi connectivity index (χ1v) is 9.46. The summed E-state index contributed by atoms with van der Waals surface area (Å²) in [5.41, 5.74) is 1.86. The number of thioether (sulfide) groups is 1. The Morgan fingerprint density at radius 2 is 1.81 bits per heavy atom. The maximum Gasteiger partial charge on any atom is 0.252 e. The van der Waals surface area contributed by atoms with Crippen LogP contribution in [0.5, 0.6) is 0 Å². The van der Waals surface area contributed by atoms with Crippen LogP contribution in [-0.2, 0) is 15.3 Å². The molecule has 3 aromatic rings. The van der Waals surface area contributed by atoms with Crippen LogP contribution in [0.2, 0.25) is 0 Å². The molecule has 0 unspecified atom stereocenters. The predicted molar refractivity (Wildman–Crippen MR) is 103 cm³/mol. The Hall–Kier alpha value is -3.13. The van der Waals surface area contributed by atoms with E-state index in [-0.39, 0.29) is 18.2 Å².